The monoisotopic (exact) mass is 448 g/mol. The summed E-state index contributed by atoms with van der Waals surface area (Å²) >= 11 is 2.53. The maximum absolute atomic E-state index is 7.00. The summed E-state index contributed by atoms with van der Waals surface area (Å²) in [6.07, 6.45) is 9.77. The van der Waals surface area contributed by atoms with Crippen LogP contribution in [0.1, 0.15) is 66.7 Å². The molecule has 0 saturated heterocycles. The molecule has 0 N–H and O–H groups in total. The molecule has 0 aromatic rings. The van der Waals surface area contributed by atoms with Crippen molar-refractivity contribution in [2.75, 3.05) is 4.43 Å². The SMILES string of the molecule is CC[Si](CC)(CC)OC1CCC[C@]2(C)C([C@H](C)CCI)=CC[C@@H]12. The van der Waals surface area contributed by atoms with E-state index in [0.29, 0.717) is 11.5 Å². The van der Waals surface area contributed by atoms with E-state index >= 15 is 0 Å². The first-order valence-corrected chi connectivity index (χ1v) is 14.0. The molecular weight excluding hydrogens is 411 g/mol. The van der Waals surface area contributed by atoms with Gasteiger partial charge in [0.05, 0.1) is 0 Å². The molecule has 0 aromatic carbocycles. The number of hydrogen-bond acceptors (Lipinski definition) is 1. The molecule has 0 spiro atoms. The topological polar surface area (TPSA) is 9.23 Å². The van der Waals surface area contributed by atoms with Crippen molar-refractivity contribution >= 4 is 30.9 Å². The van der Waals surface area contributed by atoms with E-state index < -0.39 is 8.32 Å². The van der Waals surface area contributed by atoms with Crippen LogP contribution in [0.25, 0.3) is 0 Å². The van der Waals surface area contributed by atoms with E-state index in [1.54, 1.807) is 5.57 Å². The summed E-state index contributed by atoms with van der Waals surface area (Å²) in [5, 5.41) is 0. The lowest BCUT2D eigenvalue weighted by molar-refractivity contribution is 0.0176. The molecule has 4 atom stereocenters. The molecule has 1 saturated carbocycles. The minimum absolute atomic E-state index is 0.420. The quantitative estimate of drug-likeness (QED) is 0.169. The molecule has 1 nitrogen and oxygen atoms in total. The van der Waals surface area contributed by atoms with Crippen LogP contribution in [-0.2, 0) is 4.43 Å². The van der Waals surface area contributed by atoms with Crippen molar-refractivity contribution in [2.24, 2.45) is 17.3 Å². The summed E-state index contributed by atoms with van der Waals surface area (Å²) in [5.74, 6) is 1.51. The van der Waals surface area contributed by atoms with Crippen molar-refractivity contribution in [1.82, 2.24) is 0 Å². The Labute approximate surface area is 159 Å². The highest BCUT2D eigenvalue weighted by Gasteiger charge is 2.50. The second-order valence-corrected chi connectivity index (χ2v) is 13.9. The van der Waals surface area contributed by atoms with Crippen LogP contribution >= 0.6 is 22.6 Å². The van der Waals surface area contributed by atoms with E-state index in [0.717, 1.165) is 11.8 Å². The summed E-state index contributed by atoms with van der Waals surface area (Å²) < 4.78 is 8.27. The van der Waals surface area contributed by atoms with Crippen LogP contribution in [-0.4, -0.2) is 18.8 Å². The molecule has 1 unspecified atom stereocenters. The maximum Gasteiger partial charge on any atom is 0.192 e. The third-order valence-corrected chi connectivity index (χ3v) is 12.4. The zero-order valence-corrected chi connectivity index (χ0v) is 19.1. The van der Waals surface area contributed by atoms with Crippen molar-refractivity contribution in [1.29, 1.82) is 0 Å². The van der Waals surface area contributed by atoms with E-state index in [4.69, 9.17) is 4.43 Å². The highest BCUT2D eigenvalue weighted by molar-refractivity contribution is 14.1. The summed E-state index contributed by atoms with van der Waals surface area (Å²) in [5.41, 5.74) is 2.19. The molecule has 2 aliphatic rings. The number of allylic oxidation sites excluding steroid dienone is 2. The number of fused-ring (bicyclic) bond motifs is 1. The molecule has 2 rings (SSSR count). The van der Waals surface area contributed by atoms with Crippen LogP contribution in [0.2, 0.25) is 18.1 Å². The first-order chi connectivity index (χ1) is 11.0. The highest BCUT2D eigenvalue weighted by atomic mass is 127. The van der Waals surface area contributed by atoms with Crippen molar-refractivity contribution < 1.29 is 4.43 Å². The van der Waals surface area contributed by atoms with Crippen molar-refractivity contribution in [3.63, 3.8) is 0 Å². The third-order valence-electron chi connectivity index (χ3n) is 7.11. The summed E-state index contributed by atoms with van der Waals surface area (Å²) in [6.45, 7) is 12.1. The molecule has 0 amide bonds. The third kappa shape index (κ3) is 3.92. The average molecular weight is 449 g/mol. The Hall–Kier alpha value is 0.647. The molecule has 2 aliphatic carbocycles. The van der Waals surface area contributed by atoms with E-state index in [9.17, 15) is 0 Å². The molecule has 0 aliphatic heterocycles. The van der Waals surface area contributed by atoms with Crippen LogP contribution < -0.4 is 0 Å². The Bertz CT molecular complexity index is 410. The number of alkyl halides is 1. The first-order valence-electron chi connectivity index (χ1n) is 9.90. The van der Waals surface area contributed by atoms with Gasteiger partial charge in [-0.15, -0.1) is 0 Å². The van der Waals surface area contributed by atoms with Gasteiger partial charge in [-0.1, -0.05) is 75.3 Å². The molecule has 0 bridgehead atoms. The summed E-state index contributed by atoms with van der Waals surface area (Å²) in [6, 6.07) is 3.85. The van der Waals surface area contributed by atoms with Crippen LogP contribution in [0.15, 0.2) is 11.6 Å². The van der Waals surface area contributed by atoms with Gasteiger partial charge in [0.2, 0.25) is 0 Å². The summed E-state index contributed by atoms with van der Waals surface area (Å²) in [7, 11) is -1.49. The van der Waals surface area contributed by atoms with Crippen LogP contribution in [0, 0.1) is 17.3 Å². The fourth-order valence-corrected chi connectivity index (χ4v) is 9.13. The Kier molecular flexibility index (Phi) is 7.25. The maximum atomic E-state index is 7.00. The fourth-order valence-electron chi connectivity index (χ4n) is 5.27. The lowest BCUT2D eigenvalue weighted by Gasteiger charge is -2.48. The van der Waals surface area contributed by atoms with E-state index in [-0.39, 0.29) is 0 Å². The highest BCUT2D eigenvalue weighted by Crippen LogP contribution is 2.56. The van der Waals surface area contributed by atoms with Gasteiger partial charge in [0.15, 0.2) is 8.32 Å². The number of rotatable bonds is 8. The molecule has 0 heterocycles. The molecule has 1 fully saturated rings. The van der Waals surface area contributed by atoms with E-state index in [1.165, 1.54) is 54.7 Å². The van der Waals surface area contributed by atoms with E-state index in [1.807, 2.05) is 0 Å². The van der Waals surface area contributed by atoms with E-state index in [2.05, 4.69) is 63.3 Å². The second-order valence-electron chi connectivity index (χ2n) is 8.09. The standard InChI is InChI=1S/C20H37IOSi/c1-6-23(7-2,8-3)22-19-10-9-14-20(5)17(11-12-18(19)20)16(4)13-15-21/h11,16,18-19H,6-10,12-15H2,1-5H3/t16-,18+,19?,20-/m1/s1. The Balaban J connectivity index is 2.16. The zero-order chi connectivity index (χ0) is 17.1. The fraction of sp³-hybridized carbons (Fsp3) is 0.900. The molecule has 0 aromatic heterocycles. The molecular formula is C20H37IOSi. The van der Waals surface area contributed by atoms with Gasteiger partial charge < -0.3 is 4.43 Å². The lowest BCUT2D eigenvalue weighted by atomic mass is 9.63. The second kappa shape index (κ2) is 8.35. The van der Waals surface area contributed by atoms with Crippen LogP contribution in [0.3, 0.4) is 0 Å². The largest absolute Gasteiger partial charge is 0.414 e. The number of halogens is 1. The van der Waals surface area contributed by atoms with Gasteiger partial charge in [0, 0.05) is 10.5 Å². The van der Waals surface area contributed by atoms with Crippen molar-refractivity contribution in [2.45, 2.75) is 91.0 Å². The zero-order valence-electron chi connectivity index (χ0n) is 16.0. The Morgan fingerprint density at radius 2 is 1.96 bits per heavy atom. The minimum Gasteiger partial charge on any atom is -0.414 e. The minimum atomic E-state index is -1.49. The van der Waals surface area contributed by atoms with Gasteiger partial charge in [-0.3, -0.25) is 0 Å². The van der Waals surface area contributed by atoms with Gasteiger partial charge in [0.1, 0.15) is 0 Å². The predicted octanol–water partition coefficient (Wildman–Crippen LogP) is 6.97. The van der Waals surface area contributed by atoms with Gasteiger partial charge in [-0.25, -0.2) is 0 Å². The van der Waals surface area contributed by atoms with Gasteiger partial charge in [-0.05, 0) is 61.1 Å². The molecule has 0 radical (unpaired) electrons. The van der Waals surface area contributed by atoms with Gasteiger partial charge in [-0.2, -0.15) is 0 Å². The first kappa shape index (κ1) is 20.0. The smallest absolute Gasteiger partial charge is 0.192 e. The normalized spacial score (nSPS) is 32.5. The average Bonchev–Trinajstić information content (AvgIpc) is 2.91. The van der Waals surface area contributed by atoms with Crippen molar-refractivity contribution in [3.05, 3.63) is 11.6 Å². The lowest BCUT2D eigenvalue weighted by Crippen LogP contribution is -2.48. The Morgan fingerprint density at radius 1 is 1.30 bits per heavy atom. The predicted molar refractivity (Wildman–Crippen MR) is 113 cm³/mol. The molecule has 23 heavy (non-hydrogen) atoms. The van der Waals surface area contributed by atoms with Gasteiger partial charge >= 0.3 is 0 Å². The number of hydrogen-bond donors (Lipinski definition) is 0. The van der Waals surface area contributed by atoms with Crippen molar-refractivity contribution in [3.8, 4) is 0 Å². The van der Waals surface area contributed by atoms with Crippen LogP contribution in [0.5, 0.6) is 0 Å². The Morgan fingerprint density at radius 3 is 2.52 bits per heavy atom. The molecule has 3 heteroatoms. The summed E-state index contributed by atoms with van der Waals surface area (Å²) in [4.78, 5) is 0. The van der Waals surface area contributed by atoms with Gasteiger partial charge in [0.25, 0.3) is 0 Å². The van der Waals surface area contributed by atoms with Crippen LogP contribution in [0.4, 0.5) is 0 Å². The molecule has 134 valence electrons.